The third kappa shape index (κ3) is 4.21. The topological polar surface area (TPSA) is 144 Å². The van der Waals surface area contributed by atoms with Crippen LogP contribution in [0, 0.1) is 0 Å². The number of carboxylic acid groups (broad SMARTS) is 1. The molecule has 3 aromatic rings. The highest BCUT2D eigenvalue weighted by atomic mass is 16.4. The number of aromatic hydroxyl groups is 1. The molecule has 0 aliphatic carbocycles. The van der Waals surface area contributed by atoms with Crippen molar-refractivity contribution in [1.82, 2.24) is 0 Å². The molecule has 0 aliphatic heterocycles. The number of hydrogen-bond acceptors (Lipinski definition) is 6. The summed E-state index contributed by atoms with van der Waals surface area (Å²) >= 11 is 0. The van der Waals surface area contributed by atoms with Gasteiger partial charge in [0.25, 0.3) is 0 Å². The molecule has 3 rings (SSSR count). The van der Waals surface area contributed by atoms with Crippen molar-refractivity contribution < 1.29 is 24.6 Å². The number of Topliss-reactive ketones (excluding diaryl/α,β-unsaturated/α-hetero) is 1. The molecule has 1 unspecified atom stereocenters. The predicted molar refractivity (Wildman–Crippen MR) is 112 cm³/mol. The van der Waals surface area contributed by atoms with Gasteiger partial charge in [-0.05, 0) is 36.2 Å². The Morgan fingerprint density at radius 3 is 2.10 bits per heavy atom. The lowest BCUT2D eigenvalue weighted by Crippen LogP contribution is -2.35. The Bertz CT molecular complexity index is 1110. The lowest BCUT2D eigenvalue weighted by molar-refractivity contribution is 0.0691. The van der Waals surface area contributed by atoms with E-state index in [1.165, 1.54) is 24.3 Å². The first-order valence-electron chi connectivity index (χ1n) is 9.12. The maximum Gasteiger partial charge on any atom is 0.336 e. The second-order valence-corrected chi connectivity index (χ2v) is 6.79. The summed E-state index contributed by atoms with van der Waals surface area (Å²) in [6, 6.07) is 15.7. The molecule has 0 bridgehead atoms. The van der Waals surface area contributed by atoms with Gasteiger partial charge in [-0.15, -0.1) is 0 Å². The minimum absolute atomic E-state index is 0.00552. The third-order valence-corrected chi connectivity index (χ3v) is 4.71. The molecule has 0 heterocycles. The molecule has 0 fully saturated rings. The van der Waals surface area contributed by atoms with E-state index in [0.717, 1.165) is 0 Å². The number of phenolic OH excluding ortho intramolecular Hbond substituents is 1. The number of ketones is 2. The van der Waals surface area contributed by atoms with Crippen LogP contribution in [0.15, 0.2) is 66.7 Å². The summed E-state index contributed by atoms with van der Waals surface area (Å²) in [5, 5.41) is 19.0. The van der Waals surface area contributed by atoms with Crippen LogP contribution >= 0.6 is 0 Å². The maximum absolute atomic E-state index is 13.2. The van der Waals surface area contributed by atoms with Crippen LogP contribution in [-0.4, -0.2) is 33.8 Å². The number of rotatable bonds is 7. The fourth-order valence-corrected chi connectivity index (χ4v) is 3.20. The Morgan fingerprint density at radius 1 is 0.867 bits per heavy atom. The first-order valence-corrected chi connectivity index (χ1v) is 9.12. The Labute approximate surface area is 172 Å². The number of carbonyl (C=O) groups is 3. The molecule has 7 nitrogen and oxygen atoms in total. The van der Waals surface area contributed by atoms with Gasteiger partial charge in [-0.2, -0.15) is 0 Å². The minimum Gasteiger partial charge on any atom is -0.508 e. The van der Waals surface area contributed by atoms with Crippen LogP contribution in [0.1, 0.15) is 42.2 Å². The number of hydrogen-bond donors (Lipinski definition) is 4. The van der Waals surface area contributed by atoms with Crippen LogP contribution in [-0.2, 0) is 6.42 Å². The quantitative estimate of drug-likeness (QED) is 0.350. The molecule has 0 saturated heterocycles. The molecule has 0 aliphatic rings. The van der Waals surface area contributed by atoms with Crippen LogP contribution in [0.3, 0.4) is 0 Å². The van der Waals surface area contributed by atoms with Crippen molar-refractivity contribution in [2.45, 2.75) is 12.5 Å². The van der Waals surface area contributed by atoms with Crippen LogP contribution in [0.4, 0.5) is 5.69 Å². The summed E-state index contributed by atoms with van der Waals surface area (Å²) in [7, 11) is 0. The third-order valence-electron chi connectivity index (χ3n) is 4.71. The highest BCUT2D eigenvalue weighted by Crippen LogP contribution is 2.27. The first kappa shape index (κ1) is 20.8. The van der Waals surface area contributed by atoms with E-state index in [2.05, 4.69) is 0 Å². The Hall–Kier alpha value is -3.97. The summed E-state index contributed by atoms with van der Waals surface area (Å²) in [6.45, 7) is 0. The van der Waals surface area contributed by atoms with Gasteiger partial charge in [-0.25, -0.2) is 4.79 Å². The van der Waals surface area contributed by atoms with Gasteiger partial charge in [0.15, 0.2) is 11.6 Å². The summed E-state index contributed by atoms with van der Waals surface area (Å²) in [5.74, 6) is -2.56. The van der Waals surface area contributed by atoms with Crippen molar-refractivity contribution in [3.8, 4) is 5.75 Å². The summed E-state index contributed by atoms with van der Waals surface area (Å²) < 4.78 is 0. The lowest BCUT2D eigenvalue weighted by Gasteiger charge is -2.17. The number of nitrogen functional groups attached to an aromatic ring is 1. The zero-order chi connectivity index (χ0) is 21.8. The molecule has 0 radical (unpaired) electrons. The molecule has 0 spiro atoms. The molecule has 0 aromatic heterocycles. The summed E-state index contributed by atoms with van der Waals surface area (Å²) in [6.07, 6.45) is 0.0892. The number of anilines is 1. The van der Waals surface area contributed by atoms with E-state index in [1.54, 1.807) is 42.5 Å². The summed E-state index contributed by atoms with van der Waals surface area (Å²) in [4.78, 5) is 38.1. The molecule has 30 heavy (non-hydrogen) atoms. The fourth-order valence-electron chi connectivity index (χ4n) is 3.20. The van der Waals surface area contributed by atoms with Gasteiger partial charge < -0.3 is 21.7 Å². The van der Waals surface area contributed by atoms with E-state index in [-0.39, 0.29) is 40.1 Å². The second kappa shape index (κ2) is 8.59. The molecule has 6 N–H and O–H groups in total. The van der Waals surface area contributed by atoms with E-state index < -0.39 is 23.6 Å². The van der Waals surface area contributed by atoms with Gasteiger partial charge in [-0.3, -0.25) is 9.59 Å². The molecule has 7 heteroatoms. The lowest BCUT2D eigenvalue weighted by atomic mass is 9.87. The zero-order valence-electron chi connectivity index (χ0n) is 15.9. The van der Waals surface area contributed by atoms with Gasteiger partial charge in [0, 0.05) is 16.8 Å². The molecular formula is C23H20N2O5. The molecule has 0 saturated carbocycles. The summed E-state index contributed by atoms with van der Waals surface area (Å²) in [5.41, 5.74) is 12.2. The Balaban J connectivity index is 2.08. The zero-order valence-corrected chi connectivity index (χ0v) is 15.9. The number of aromatic carboxylic acids is 1. The number of phenols is 1. The van der Waals surface area contributed by atoms with Crippen LogP contribution in [0.25, 0.3) is 0 Å². The molecule has 0 amide bonds. The van der Waals surface area contributed by atoms with Gasteiger partial charge in [-0.1, -0.05) is 42.5 Å². The van der Waals surface area contributed by atoms with Gasteiger partial charge >= 0.3 is 5.97 Å². The van der Waals surface area contributed by atoms with Gasteiger partial charge in [0.05, 0.1) is 17.2 Å². The number of carbonyl (C=O) groups excluding carboxylic acids is 2. The fraction of sp³-hybridized carbons (Fsp3) is 0.0870. The minimum atomic E-state index is -1.36. The smallest absolute Gasteiger partial charge is 0.336 e. The van der Waals surface area contributed by atoms with Crippen molar-refractivity contribution in [1.29, 1.82) is 0 Å². The highest BCUT2D eigenvalue weighted by molar-refractivity contribution is 6.22. The van der Waals surface area contributed by atoms with Crippen molar-refractivity contribution in [2.75, 3.05) is 5.73 Å². The van der Waals surface area contributed by atoms with E-state index in [1.807, 2.05) is 0 Å². The van der Waals surface area contributed by atoms with E-state index >= 15 is 0 Å². The Kier molecular flexibility index (Phi) is 5.94. The van der Waals surface area contributed by atoms with Crippen LogP contribution in [0.5, 0.6) is 5.75 Å². The monoisotopic (exact) mass is 404 g/mol. The van der Waals surface area contributed by atoms with Crippen LogP contribution in [0.2, 0.25) is 0 Å². The van der Waals surface area contributed by atoms with Crippen LogP contribution < -0.4 is 11.5 Å². The van der Waals surface area contributed by atoms with E-state index in [9.17, 15) is 24.6 Å². The molecule has 3 aromatic carbocycles. The van der Waals surface area contributed by atoms with Crippen molar-refractivity contribution in [3.63, 3.8) is 0 Å². The molecule has 1 atom stereocenters. The second-order valence-electron chi connectivity index (χ2n) is 6.79. The van der Waals surface area contributed by atoms with Crippen molar-refractivity contribution >= 4 is 23.2 Å². The van der Waals surface area contributed by atoms with E-state index in [4.69, 9.17) is 11.5 Å². The average Bonchev–Trinajstić information content (AvgIpc) is 2.74. The normalized spacial score (nSPS) is 11.6. The highest BCUT2D eigenvalue weighted by Gasteiger charge is 2.30. The predicted octanol–water partition coefficient (Wildman–Crippen LogP) is 2.66. The standard InChI is InChI=1S/C23H20N2O5/c24-17-11-10-16(23(29)30)19(20(17)21(27)14-4-2-1-3-5-14)22(28)18(25)12-13-6-8-15(26)9-7-13/h1-11,18,26H,12,24-25H2,(H,29,30). The van der Waals surface area contributed by atoms with Crippen molar-refractivity contribution in [3.05, 3.63) is 94.5 Å². The average molecular weight is 404 g/mol. The Morgan fingerprint density at radius 2 is 1.50 bits per heavy atom. The first-order chi connectivity index (χ1) is 14.3. The van der Waals surface area contributed by atoms with Gasteiger partial charge in [0.2, 0.25) is 0 Å². The van der Waals surface area contributed by atoms with E-state index in [0.29, 0.717) is 5.56 Å². The molecular weight excluding hydrogens is 384 g/mol. The maximum atomic E-state index is 13.2. The SMILES string of the molecule is Nc1ccc(C(=O)O)c(C(=O)C(N)Cc2ccc(O)cc2)c1C(=O)c1ccccc1. The largest absolute Gasteiger partial charge is 0.508 e. The van der Waals surface area contributed by atoms with Gasteiger partial charge in [0.1, 0.15) is 5.75 Å². The number of benzene rings is 3. The van der Waals surface area contributed by atoms with Crippen molar-refractivity contribution in [2.24, 2.45) is 5.73 Å². The molecule has 152 valence electrons. The number of carboxylic acids is 1. The number of nitrogens with two attached hydrogens (primary N) is 2.